The molecular weight excluding hydrogens is 509 g/mol. The van der Waals surface area contributed by atoms with Crippen LogP contribution in [-0.2, 0) is 26.6 Å². The molecule has 0 rings (SSSR count). The van der Waals surface area contributed by atoms with E-state index in [2.05, 4.69) is 36.3 Å². The van der Waals surface area contributed by atoms with E-state index in [-0.39, 0.29) is 0 Å². The monoisotopic (exact) mass is 560 g/mol. The minimum Gasteiger partial charge on any atom is -0.374 e. The Morgan fingerprint density at radius 2 is 0.727 bits per heavy atom. The molecular formula is C22H52O6S2Si3. The third-order valence-electron chi connectivity index (χ3n) is 5.25. The Kier molecular flexibility index (Phi) is 20.9. The Labute approximate surface area is 216 Å². The first-order valence-corrected chi connectivity index (χ1v) is 22.7. The fourth-order valence-corrected chi connectivity index (χ4v) is 20.3. The highest BCUT2D eigenvalue weighted by atomic mass is 32.6. The molecule has 0 N–H and O–H groups in total. The van der Waals surface area contributed by atoms with E-state index in [0.717, 1.165) is 36.4 Å². The maximum Gasteiger partial charge on any atom is 0.500 e. The van der Waals surface area contributed by atoms with Crippen LogP contribution < -0.4 is 0 Å². The Morgan fingerprint density at radius 1 is 0.455 bits per heavy atom. The number of rotatable bonds is 24. The summed E-state index contributed by atoms with van der Waals surface area (Å²) in [6.07, 6.45) is 0.741. The lowest BCUT2D eigenvalue weighted by atomic mass is 10.6. The van der Waals surface area contributed by atoms with Gasteiger partial charge in [0.15, 0.2) is 6.37 Å². The Bertz CT molecular complexity index is 392. The van der Waals surface area contributed by atoms with Gasteiger partial charge < -0.3 is 26.6 Å². The van der Waals surface area contributed by atoms with Gasteiger partial charge in [-0.3, -0.25) is 0 Å². The first-order valence-electron chi connectivity index (χ1n) is 13.0. The van der Waals surface area contributed by atoms with Crippen molar-refractivity contribution in [3.8, 4) is 0 Å². The minimum absolute atomic E-state index is 0.647. The highest BCUT2D eigenvalue weighted by Gasteiger charge is 2.41. The van der Waals surface area contributed by atoms with Crippen LogP contribution in [0.2, 0.25) is 24.2 Å². The summed E-state index contributed by atoms with van der Waals surface area (Å²) in [5.74, 6) is 2.30. The molecule has 0 aromatic rings. The van der Waals surface area contributed by atoms with Crippen molar-refractivity contribution in [1.29, 1.82) is 0 Å². The van der Waals surface area contributed by atoms with E-state index in [1.165, 1.54) is 12.1 Å². The Balaban J connectivity index is 4.79. The quantitative estimate of drug-likeness (QED) is 0.0942. The van der Waals surface area contributed by atoms with Gasteiger partial charge in [0.05, 0.1) is 0 Å². The fraction of sp³-hybridized carbons (Fsp3) is 1.00. The molecule has 0 aromatic carbocycles. The smallest absolute Gasteiger partial charge is 0.374 e. The van der Waals surface area contributed by atoms with E-state index in [1.54, 1.807) is 0 Å². The summed E-state index contributed by atoms with van der Waals surface area (Å²) in [7, 11) is -5.06. The summed E-state index contributed by atoms with van der Waals surface area (Å²) in [5.41, 5.74) is 0. The molecule has 0 aliphatic heterocycles. The largest absolute Gasteiger partial charge is 0.500 e. The average molecular weight is 561 g/mol. The summed E-state index contributed by atoms with van der Waals surface area (Å²) >= 11 is 4.46. The standard InChI is InChI=1S/C22H52O6S2Si3/c1-9-23-32(24-10-2,25-11-3)21-17-19-29-31(15-7,16-8)30-20-18-22-33(26-12-4,27-13-5)28-14-6/h9-22H2,1-8H3. The highest BCUT2D eigenvalue weighted by Crippen LogP contribution is 2.41. The zero-order valence-corrected chi connectivity index (χ0v) is 27.3. The van der Waals surface area contributed by atoms with Crippen molar-refractivity contribution in [1.82, 2.24) is 0 Å². The Morgan fingerprint density at radius 3 is 0.939 bits per heavy atom. The van der Waals surface area contributed by atoms with Crippen molar-refractivity contribution >= 4 is 46.4 Å². The maximum absolute atomic E-state index is 6.03. The summed E-state index contributed by atoms with van der Waals surface area (Å²) in [6, 6.07) is 4.38. The topological polar surface area (TPSA) is 55.4 Å². The van der Waals surface area contributed by atoms with Gasteiger partial charge >= 0.3 is 17.6 Å². The molecule has 33 heavy (non-hydrogen) atoms. The van der Waals surface area contributed by atoms with E-state index < -0.39 is 24.0 Å². The van der Waals surface area contributed by atoms with Crippen LogP contribution >= 0.6 is 22.4 Å². The maximum atomic E-state index is 6.03. The molecule has 0 bridgehead atoms. The van der Waals surface area contributed by atoms with Gasteiger partial charge in [-0.15, -0.1) is 0 Å². The summed E-state index contributed by atoms with van der Waals surface area (Å²) in [5, 5.41) is 0. The zero-order valence-electron chi connectivity index (χ0n) is 22.7. The fourth-order valence-electron chi connectivity index (χ4n) is 3.80. The van der Waals surface area contributed by atoms with Gasteiger partial charge in [0.25, 0.3) is 0 Å². The molecule has 0 radical (unpaired) electrons. The molecule has 0 heterocycles. The SMILES string of the molecule is CCO[Si](CCCS[Si](CC)(CC)SCCC[Si](OCC)(OCC)OCC)(OCC)OCC. The Hall–Kier alpha value is 1.11. The van der Waals surface area contributed by atoms with Gasteiger partial charge in [-0.2, -0.15) is 22.4 Å². The van der Waals surface area contributed by atoms with Gasteiger partial charge in [0, 0.05) is 51.7 Å². The van der Waals surface area contributed by atoms with E-state index in [1.807, 2.05) is 41.5 Å². The van der Waals surface area contributed by atoms with Gasteiger partial charge in [-0.05, 0) is 78.0 Å². The van der Waals surface area contributed by atoms with Crippen LogP contribution in [0, 0.1) is 0 Å². The predicted octanol–water partition coefficient (Wildman–Crippen LogP) is 6.81. The first-order chi connectivity index (χ1) is 15.9. The lowest BCUT2D eigenvalue weighted by molar-refractivity contribution is 0.0704. The molecule has 0 atom stereocenters. The van der Waals surface area contributed by atoms with E-state index in [0.29, 0.717) is 39.6 Å². The van der Waals surface area contributed by atoms with Crippen LogP contribution in [0.4, 0.5) is 0 Å². The molecule has 0 spiro atoms. The van der Waals surface area contributed by atoms with Crippen LogP contribution in [-0.4, -0.2) is 75.1 Å². The normalized spacial score (nSPS) is 13.1. The first kappa shape index (κ1) is 34.1. The van der Waals surface area contributed by atoms with Crippen LogP contribution in [0.5, 0.6) is 0 Å². The second-order valence-corrected chi connectivity index (χ2v) is 24.8. The van der Waals surface area contributed by atoms with Crippen LogP contribution in [0.1, 0.15) is 68.2 Å². The van der Waals surface area contributed by atoms with E-state index in [4.69, 9.17) is 26.6 Å². The van der Waals surface area contributed by atoms with Gasteiger partial charge in [-0.25, -0.2) is 0 Å². The second-order valence-electron chi connectivity index (χ2n) is 7.49. The van der Waals surface area contributed by atoms with E-state index in [9.17, 15) is 0 Å². The molecule has 0 saturated heterocycles. The van der Waals surface area contributed by atoms with Gasteiger partial charge in [-0.1, -0.05) is 13.8 Å². The van der Waals surface area contributed by atoms with Crippen molar-refractivity contribution in [2.24, 2.45) is 0 Å². The minimum atomic E-state index is -2.53. The number of hydrogen-bond donors (Lipinski definition) is 0. The van der Waals surface area contributed by atoms with Gasteiger partial charge in [0.2, 0.25) is 0 Å². The summed E-state index contributed by atoms with van der Waals surface area (Å²) in [6.45, 7) is 20.8. The van der Waals surface area contributed by atoms with Crippen molar-refractivity contribution in [2.45, 2.75) is 92.4 Å². The van der Waals surface area contributed by atoms with Crippen molar-refractivity contribution < 1.29 is 26.6 Å². The third-order valence-corrected chi connectivity index (χ3v) is 25.7. The molecule has 0 amide bonds. The van der Waals surface area contributed by atoms with Crippen LogP contribution in [0.3, 0.4) is 0 Å². The average Bonchev–Trinajstić information content (AvgIpc) is 2.79. The van der Waals surface area contributed by atoms with Crippen molar-refractivity contribution in [3.05, 3.63) is 0 Å². The van der Waals surface area contributed by atoms with E-state index >= 15 is 0 Å². The van der Waals surface area contributed by atoms with Gasteiger partial charge in [0.1, 0.15) is 0 Å². The summed E-state index contributed by atoms with van der Waals surface area (Å²) < 4.78 is 36.2. The molecule has 0 aliphatic carbocycles. The van der Waals surface area contributed by atoms with Crippen LogP contribution in [0.25, 0.3) is 0 Å². The zero-order chi connectivity index (χ0) is 25.1. The van der Waals surface area contributed by atoms with Crippen molar-refractivity contribution in [3.63, 3.8) is 0 Å². The molecule has 6 nitrogen and oxygen atoms in total. The predicted molar refractivity (Wildman–Crippen MR) is 152 cm³/mol. The molecule has 0 fully saturated rings. The molecule has 0 unspecified atom stereocenters. The molecule has 11 heteroatoms. The second kappa shape index (κ2) is 20.2. The molecule has 200 valence electrons. The molecule has 0 saturated carbocycles. The van der Waals surface area contributed by atoms with Crippen molar-refractivity contribution in [2.75, 3.05) is 51.1 Å². The summed E-state index contributed by atoms with van der Waals surface area (Å²) in [4.78, 5) is 0. The lowest BCUT2D eigenvalue weighted by Crippen LogP contribution is -2.46. The number of hydrogen-bond acceptors (Lipinski definition) is 8. The molecule has 0 aliphatic rings. The lowest BCUT2D eigenvalue weighted by Gasteiger charge is -2.31. The molecule has 0 aromatic heterocycles. The highest BCUT2D eigenvalue weighted by molar-refractivity contribution is 8.58. The third kappa shape index (κ3) is 13.3. The van der Waals surface area contributed by atoms with Crippen LogP contribution in [0.15, 0.2) is 0 Å².